The van der Waals surface area contributed by atoms with Gasteiger partial charge >= 0.3 is 17.9 Å². The summed E-state index contributed by atoms with van der Waals surface area (Å²) in [6, 6.07) is 0. The second-order valence-corrected chi connectivity index (χ2v) is 12.5. The van der Waals surface area contributed by atoms with Crippen molar-refractivity contribution in [3.8, 4) is 0 Å². The van der Waals surface area contributed by atoms with E-state index in [0.29, 0.717) is 19.3 Å². The van der Waals surface area contributed by atoms with E-state index in [-0.39, 0.29) is 31.1 Å². The SMILES string of the molecule is CCCCCCCCCCCCC(=O)OCC(COC(=O)CCCCCCCCC)OC(=O)CCCCCCCCCC. The first-order valence-electron chi connectivity index (χ1n) is 18.5. The Morgan fingerprint density at radius 1 is 0.372 bits per heavy atom. The lowest BCUT2D eigenvalue weighted by Crippen LogP contribution is -2.30. The Morgan fingerprint density at radius 2 is 0.628 bits per heavy atom. The third-order valence-electron chi connectivity index (χ3n) is 8.11. The molecule has 6 heteroatoms. The van der Waals surface area contributed by atoms with Gasteiger partial charge in [0.05, 0.1) is 0 Å². The molecule has 1 atom stereocenters. The molecule has 0 radical (unpaired) electrons. The molecule has 0 saturated carbocycles. The minimum absolute atomic E-state index is 0.0650. The summed E-state index contributed by atoms with van der Waals surface area (Å²) in [6.45, 7) is 6.53. The van der Waals surface area contributed by atoms with Crippen molar-refractivity contribution in [1.29, 1.82) is 0 Å². The summed E-state index contributed by atoms with van der Waals surface area (Å²) in [5.41, 5.74) is 0. The average Bonchev–Trinajstić information content (AvgIpc) is 3.00. The van der Waals surface area contributed by atoms with Crippen LogP contribution in [-0.2, 0) is 28.6 Å². The van der Waals surface area contributed by atoms with Crippen LogP contribution in [0.3, 0.4) is 0 Å². The van der Waals surface area contributed by atoms with Crippen LogP contribution in [0.5, 0.6) is 0 Å². The Balaban J connectivity index is 4.33. The number of carbonyl (C=O) groups is 3. The number of hydrogen-bond acceptors (Lipinski definition) is 6. The van der Waals surface area contributed by atoms with Crippen LogP contribution in [0.15, 0.2) is 0 Å². The molecule has 0 saturated heterocycles. The molecule has 254 valence electrons. The summed E-state index contributed by atoms with van der Waals surface area (Å²) in [7, 11) is 0. The fourth-order valence-electron chi connectivity index (χ4n) is 5.26. The highest BCUT2D eigenvalue weighted by molar-refractivity contribution is 5.71. The topological polar surface area (TPSA) is 78.9 Å². The minimum atomic E-state index is -0.754. The zero-order valence-electron chi connectivity index (χ0n) is 28.7. The van der Waals surface area contributed by atoms with Gasteiger partial charge in [-0.2, -0.15) is 0 Å². The first kappa shape index (κ1) is 41.4. The Bertz CT molecular complexity index is 635. The predicted molar refractivity (Wildman–Crippen MR) is 178 cm³/mol. The normalized spacial score (nSPS) is 11.8. The van der Waals surface area contributed by atoms with Crippen LogP contribution in [0.2, 0.25) is 0 Å². The summed E-state index contributed by atoms with van der Waals surface area (Å²) in [5, 5.41) is 0. The molecule has 0 spiro atoms. The number of ether oxygens (including phenoxy) is 3. The standard InChI is InChI=1S/C37H70O6/c1-4-7-10-13-16-18-19-22-24-27-30-36(39)42-33-34(32-41-35(38)29-26-23-20-15-12-9-6-3)43-37(40)31-28-25-21-17-14-11-8-5-2/h34H,4-33H2,1-3H3. The molecule has 0 aromatic heterocycles. The van der Waals surface area contributed by atoms with Crippen molar-refractivity contribution in [2.24, 2.45) is 0 Å². The van der Waals surface area contributed by atoms with Crippen molar-refractivity contribution in [2.45, 2.75) is 207 Å². The molecule has 0 rings (SSSR count). The first-order chi connectivity index (χ1) is 21.0. The van der Waals surface area contributed by atoms with E-state index >= 15 is 0 Å². The molecule has 0 heterocycles. The Kier molecular flexibility index (Phi) is 32.1. The molecule has 0 aromatic carbocycles. The highest BCUT2D eigenvalue weighted by atomic mass is 16.6. The number of hydrogen-bond donors (Lipinski definition) is 0. The van der Waals surface area contributed by atoms with E-state index in [4.69, 9.17) is 14.2 Å². The summed E-state index contributed by atoms with van der Waals surface area (Å²) in [4.78, 5) is 37.1. The Morgan fingerprint density at radius 3 is 0.930 bits per heavy atom. The van der Waals surface area contributed by atoms with E-state index in [0.717, 1.165) is 57.8 Å². The van der Waals surface area contributed by atoms with Gasteiger partial charge in [0.25, 0.3) is 0 Å². The maximum Gasteiger partial charge on any atom is 0.306 e. The second kappa shape index (κ2) is 33.3. The lowest BCUT2D eigenvalue weighted by atomic mass is 10.1. The Labute approximate surface area is 266 Å². The van der Waals surface area contributed by atoms with E-state index in [1.165, 1.54) is 103 Å². The van der Waals surface area contributed by atoms with Crippen molar-refractivity contribution in [2.75, 3.05) is 13.2 Å². The van der Waals surface area contributed by atoms with E-state index < -0.39 is 6.10 Å². The maximum absolute atomic E-state index is 12.5. The molecule has 0 aliphatic rings. The molecule has 0 aliphatic carbocycles. The van der Waals surface area contributed by atoms with Gasteiger partial charge in [-0.1, -0.05) is 162 Å². The molecule has 0 aliphatic heterocycles. The van der Waals surface area contributed by atoms with Crippen LogP contribution < -0.4 is 0 Å². The molecule has 0 amide bonds. The molecular formula is C37H70O6. The number of esters is 3. The summed E-state index contributed by atoms with van der Waals surface area (Å²) < 4.78 is 16.5. The largest absolute Gasteiger partial charge is 0.462 e. The lowest BCUT2D eigenvalue weighted by molar-refractivity contribution is -0.167. The van der Waals surface area contributed by atoms with Crippen LogP contribution in [0.1, 0.15) is 201 Å². The number of carbonyl (C=O) groups excluding carboxylic acids is 3. The van der Waals surface area contributed by atoms with Crippen LogP contribution in [0.25, 0.3) is 0 Å². The number of unbranched alkanes of at least 4 members (excludes halogenated alkanes) is 22. The fraction of sp³-hybridized carbons (Fsp3) is 0.919. The van der Waals surface area contributed by atoms with Crippen LogP contribution in [0, 0.1) is 0 Å². The van der Waals surface area contributed by atoms with Crippen molar-refractivity contribution in [3.05, 3.63) is 0 Å². The summed E-state index contributed by atoms with van der Waals surface area (Å²) in [6.07, 6.45) is 29.6. The van der Waals surface area contributed by atoms with Crippen molar-refractivity contribution < 1.29 is 28.6 Å². The van der Waals surface area contributed by atoms with Crippen molar-refractivity contribution in [3.63, 3.8) is 0 Å². The molecule has 0 N–H and O–H groups in total. The lowest BCUT2D eigenvalue weighted by Gasteiger charge is -2.18. The second-order valence-electron chi connectivity index (χ2n) is 12.5. The van der Waals surface area contributed by atoms with Gasteiger partial charge in [-0.3, -0.25) is 14.4 Å². The van der Waals surface area contributed by atoms with Crippen LogP contribution >= 0.6 is 0 Å². The molecule has 1 unspecified atom stereocenters. The van der Waals surface area contributed by atoms with Gasteiger partial charge in [0, 0.05) is 19.3 Å². The average molecular weight is 611 g/mol. The van der Waals surface area contributed by atoms with Gasteiger partial charge in [-0.15, -0.1) is 0 Å². The highest BCUT2D eigenvalue weighted by Crippen LogP contribution is 2.14. The number of rotatable bonds is 33. The van der Waals surface area contributed by atoms with Gasteiger partial charge in [0.2, 0.25) is 0 Å². The fourth-order valence-corrected chi connectivity index (χ4v) is 5.26. The van der Waals surface area contributed by atoms with Gasteiger partial charge < -0.3 is 14.2 Å². The summed E-state index contributed by atoms with van der Waals surface area (Å²) >= 11 is 0. The zero-order chi connectivity index (χ0) is 31.6. The predicted octanol–water partition coefficient (Wildman–Crippen LogP) is 11.0. The Hall–Kier alpha value is -1.59. The molecule has 6 nitrogen and oxygen atoms in total. The summed E-state index contributed by atoms with van der Waals surface area (Å²) in [5.74, 6) is -0.877. The minimum Gasteiger partial charge on any atom is -0.462 e. The monoisotopic (exact) mass is 611 g/mol. The van der Waals surface area contributed by atoms with E-state index in [1.54, 1.807) is 0 Å². The van der Waals surface area contributed by atoms with Gasteiger partial charge in [0.15, 0.2) is 6.10 Å². The molecule has 43 heavy (non-hydrogen) atoms. The van der Waals surface area contributed by atoms with Crippen LogP contribution in [-0.4, -0.2) is 37.2 Å². The molecular weight excluding hydrogens is 540 g/mol. The third-order valence-corrected chi connectivity index (χ3v) is 8.11. The molecule has 0 bridgehead atoms. The zero-order valence-corrected chi connectivity index (χ0v) is 28.7. The van der Waals surface area contributed by atoms with Gasteiger partial charge in [-0.05, 0) is 19.3 Å². The molecule has 0 fully saturated rings. The quantitative estimate of drug-likeness (QED) is 0.0418. The van der Waals surface area contributed by atoms with Crippen molar-refractivity contribution in [1.82, 2.24) is 0 Å². The first-order valence-corrected chi connectivity index (χ1v) is 18.5. The van der Waals surface area contributed by atoms with Gasteiger partial charge in [0.1, 0.15) is 13.2 Å². The van der Waals surface area contributed by atoms with Crippen LogP contribution in [0.4, 0.5) is 0 Å². The third kappa shape index (κ3) is 31.6. The van der Waals surface area contributed by atoms with E-state index in [2.05, 4.69) is 20.8 Å². The molecule has 0 aromatic rings. The highest BCUT2D eigenvalue weighted by Gasteiger charge is 2.19. The maximum atomic E-state index is 12.5. The van der Waals surface area contributed by atoms with E-state index in [9.17, 15) is 14.4 Å². The smallest absolute Gasteiger partial charge is 0.306 e. The van der Waals surface area contributed by atoms with Crippen molar-refractivity contribution >= 4 is 17.9 Å². The van der Waals surface area contributed by atoms with E-state index in [1.807, 2.05) is 0 Å². The van der Waals surface area contributed by atoms with Gasteiger partial charge in [-0.25, -0.2) is 0 Å².